The van der Waals surface area contributed by atoms with E-state index in [2.05, 4.69) is 66.5 Å². The number of benzene rings is 1. The van der Waals surface area contributed by atoms with Crippen LogP contribution in [-0.4, -0.2) is 41.5 Å². The average molecular weight is 500 g/mol. The lowest BCUT2D eigenvalue weighted by Gasteiger charge is -2.48. The summed E-state index contributed by atoms with van der Waals surface area (Å²) in [5.74, 6) is 2.11. The fourth-order valence-corrected chi connectivity index (χ4v) is 8.28. The van der Waals surface area contributed by atoms with Crippen LogP contribution in [0, 0.1) is 11.8 Å². The third kappa shape index (κ3) is 4.64. The molecule has 2 aliphatic carbocycles. The Balaban J connectivity index is 1.30. The van der Waals surface area contributed by atoms with E-state index in [-0.39, 0.29) is 11.3 Å². The number of carbonyl (C=O) groups is 1. The third-order valence-electron chi connectivity index (χ3n) is 10.3. The molecule has 0 unspecified atom stereocenters. The van der Waals surface area contributed by atoms with E-state index in [0.29, 0.717) is 29.7 Å². The number of aryl methyl sites for hydroxylation is 1. The number of hydrogen-bond donors (Lipinski definition) is 1. The molecule has 2 aliphatic heterocycles. The van der Waals surface area contributed by atoms with Crippen LogP contribution in [0.1, 0.15) is 106 Å². The summed E-state index contributed by atoms with van der Waals surface area (Å²) >= 11 is 0. The molecule has 1 aromatic carbocycles. The minimum atomic E-state index is -0.0967. The second-order valence-electron chi connectivity index (χ2n) is 12.7. The van der Waals surface area contributed by atoms with Gasteiger partial charge in [-0.1, -0.05) is 69.5 Å². The van der Waals surface area contributed by atoms with Gasteiger partial charge in [0.15, 0.2) is 0 Å². The molecule has 2 aromatic rings. The Kier molecular flexibility index (Phi) is 7.13. The first-order valence-corrected chi connectivity index (χ1v) is 15.1. The SMILES string of the molecule is CC(C)c1ccc2c(n1)CCC[C@]21CNC[C@H]1C(=O)N1CC[C@@H](c2ccccc2)C[C@H]1C1CCCCC1. The van der Waals surface area contributed by atoms with E-state index < -0.39 is 0 Å². The molecule has 0 radical (unpaired) electrons. The molecule has 4 aliphatic rings. The Labute approximate surface area is 223 Å². The third-order valence-corrected chi connectivity index (χ3v) is 10.3. The Bertz CT molecular complexity index is 1090. The summed E-state index contributed by atoms with van der Waals surface area (Å²) in [6, 6.07) is 16.0. The molecular weight excluding hydrogens is 454 g/mol. The van der Waals surface area contributed by atoms with E-state index in [1.54, 1.807) is 0 Å². The van der Waals surface area contributed by atoms with Crippen LogP contribution in [0.15, 0.2) is 42.5 Å². The van der Waals surface area contributed by atoms with Gasteiger partial charge >= 0.3 is 0 Å². The number of hydrogen-bond acceptors (Lipinski definition) is 3. The molecule has 2 saturated heterocycles. The van der Waals surface area contributed by atoms with Gasteiger partial charge in [-0.3, -0.25) is 9.78 Å². The summed E-state index contributed by atoms with van der Waals surface area (Å²) in [5.41, 5.74) is 5.17. The number of carbonyl (C=O) groups excluding carboxylic acids is 1. The van der Waals surface area contributed by atoms with Crippen molar-refractivity contribution in [3.63, 3.8) is 0 Å². The van der Waals surface area contributed by atoms with E-state index in [1.807, 2.05) is 0 Å². The first-order chi connectivity index (χ1) is 18.1. The molecule has 1 N–H and O–H groups in total. The Morgan fingerprint density at radius 2 is 1.84 bits per heavy atom. The first-order valence-electron chi connectivity index (χ1n) is 15.1. The highest BCUT2D eigenvalue weighted by atomic mass is 16.2. The van der Waals surface area contributed by atoms with Crippen molar-refractivity contribution in [3.05, 3.63) is 65.0 Å². The fourth-order valence-electron chi connectivity index (χ4n) is 8.28. The standard InChI is InChI=1S/C33H45N3O/c1-23(2)29-16-15-27-30(35-29)14-9-18-33(27)22-34-21-28(33)32(37)36-19-17-26(24-10-5-3-6-11-24)20-31(36)25-12-7-4-8-13-25/h3,5-6,10-11,15-16,23,25-26,28,31,34H,4,7-9,12-14,17-22H2,1-2H3/t26-,28+,31+,33+/m1/s1. The Morgan fingerprint density at radius 3 is 2.62 bits per heavy atom. The smallest absolute Gasteiger partial charge is 0.228 e. The highest BCUT2D eigenvalue weighted by Gasteiger charge is 2.52. The molecule has 4 nitrogen and oxygen atoms in total. The van der Waals surface area contributed by atoms with Gasteiger partial charge in [0.1, 0.15) is 0 Å². The zero-order chi connectivity index (χ0) is 25.4. The molecule has 0 bridgehead atoms. The lowest BCUT2D eigenvalue weighted by atomic mass is 9.64. The molecule has 3 heterocycles. The molecule has 198 valence electrons. The molecule has 6 rings (SSSR count). The van der Waals surface area contributed by atoms with Crippen LogP contribution in [0.4, 0.5) is 0 Å². The molecule has 1 aromatic heterocycles. The number of piperidine rings is 1. The number of fused-ring (bicyclic) bond motifs is 2. The number of pyridine rings is 1. The van der Waals surface area contributed by atoms with Gasteiger partial charge in [-0.05, 0) is 79.9 Å². The summed E-state index contributed by atoms with van der Waals surface area (Å²) in [4.78, 5) is 22.1. The molecule has 4 heteroatoms. The number of likely N-dealkylation sites (tertiary alicyclic amines) is 1. The van der Waals surface area contributed by atoms with E-state index in [9.17, 15) is 4.79 Å². The summed E-state index contributed by atoms with van der Waals surface area (Å²) < 4.78 is 0. The summed E-state index contributed by atoms with van der Waals surface area (Å²) in [6.45, 7) is 7.07. The van der Waals surface area contributed by atoms with Crippen molar-refractivity contribution in [3.8, 4) is 0 Å². The van der Waals surface area contributed by atoms with Gasteiger partial charge in [0.05, 0.1) is 5.92 Å². The quantitative estimate of drug-likeness (QED) is 0.533. The van der Waals surface area contributed by atoms with Gasteiger partial charge in [-0.15, -0.1) is 0 Å². The van der Waals surface area contributed by atoms with Gasteiger partial charge in [-0.2, -0.15) is 0 Å². The summed E-state index contributed by atoms with van der Waals surface area (Å²) in [7, 11) is 0. The number of rotatable bonds is 4. The van der Waals surface area contributed by atoms with Gasteiger partial charge in [0.2, 0.25) is 5.91 Å². The highest BCUT2D eigenvalue weighted by Crippen LogP contribution is 2.47. The van der Waals surface area contributed by atoms with Crippen molar-refractivity contribution >= 4 is 5.91 Å². The van der Waals surface area contributed by atoms with Gasteiger partial charge < -0.3 is 10.2 Å². The molecule has 3 fully saturated rings. The van der Waals surface area contributed by atoms with E-state index >= 15 is 0 Å². The lowest BCUT2D eigenvalue weighted by Crippen LogP contribution is -2.55. The lowest BCUT2D eigenvalue weighted by molar-refractivity contribution is -0.143. The zero-order valence-electron chi connectivity index (χ0n) is 22.9. The van der Waals surface area contributed by atoms with Crippen LogP contribution in [0.5, 0.6) is 0 Å². The maximum atomic E-state index is 14.6. The van der Waals surface area contributed by atoms with Crippen LogP contribution < -0.4 is 5.32 Å². The molecule has 1 amide bonds. The minimum Gasteiger partial charge on any atom is -0.339 e. The van der Waals surface area contributed by atoms with Crippen molar-refractivity contribution in [1.29, 1.82) is 0 Å². The Morgan fingerprint density at radius 1 is 1.03 bits per heavy atom. The van der Waals surface area contributed by atoms with Crippen molar-refractivity contribution in [1.82, 2.24) is 15.2 Å². The van der Waals surface area contributed by atoms with Crippen molar-refractivity contribution in [2.75, 3.05) is 19.6 Å². The normalized spacial score (nSPS) is 30.6. The topological polar surface area (TPSA) is 45.2 Å². The van der Waals surface area contributed by atoms with E-state index in [0.717, 1.165) is 51.7 Å². The number of nitrogens with one attached hydrogen (secondary N) is 1. The van der Waals surface area contributed by atoms with Gasteiger partial charge in [0.25, 0.3) is 0 Å². The van der Waals surface area contributed by atoms with Crippen LogP contribution in [-0.2, 0) is 16.6 Å². The first kappa shape index (κ1) is 25.1. The maximum absolute atomic E-state index is 14.6. The molecule has 1 saturated carbocycles. The Hall–Kier alpha value is -2.20. The maximum Gasteiger partial charge on any atom is 0.228 e. The zero-order valence-corrected chi connectivity index (χ0v) is 22.9. The number of nitrogens with zero attached hydrogens (tertiary/aromatic N) is 2. The van der Waals surface area contributed by atoms with Gasteiger partial charge in [0, 0.05) is 42.5 Å². The summed E-state index contributed by atoms with van der Waals surface area (Å²) in [5, 5.41) is 3.68. The second kappa shape index (κ2) is 10.5. The second-order valence-corrected chi connectivity index (χ2v) is 12.7. The van der Waals surface area contributed by atoms with E-state index in [4.69, 9.17) is 4.98 Å². The van der Waals surface area contributed by atoms with E-state index in [1.165, 1.54) is 54.6 Å². The van der Waals surface area contributed by atoms with Crippen molar-refractivity contribution < 1.29 is 4.79 Å². The summed E-state index contributed by atoms with van der Waals surface area (Å²) in [6.07, 6.45) is 12.1. The molecule has 4 atom stereocenters. The monoisotopic (exact) mass is 499 g/mol. The highest BCUT2D eigenvalue weighted by molar-refractivity contribution is 5.82. The van der Waals surface area contributed by atoms with Crippen LogP contribution in [0.25, 0.3) is 0 Å². The fraction of sp³-hybridized carbons (Fsp3) is 0.636. The molecule has 37 heavy (non-hydrogen) atoms. The minimum absolute atomic E-state index is 0.0256. The van der Waals surface area contributed by atoms with Crippen LogP contribution in [0.3, 0.4) is 0 Å². The predicted octanol–water partition coefficient (Wildman–Crippen LogP) is 6.35. The van der Waals surface area contributed by atoms with Crippen molar-refractivity contribution in [2.45, 2.75) is 101 Å². The predicted molar refractivity (Wildman–Crippen MR) is 150 cm³/mol. The number of amides is 1. The van der Waals surface area contributed by atoms with Crippen molar-refractivity contribution in [2.24, 2.45) is 11.8 Å². The van der Waals surface area contributed by atoms with Crippen LogP contribution in [0.2, 0.25) is 0 Å². The molecular formula is C33H45N3O. The van der Waals surface area contributed by atoms with Gasteiger partial charge in [-0.25, -0.2) is 0 Å². The number of aromatic nitrogens is 1. The molecule has 1 spiro atoms. The largest absolute Gasteiger partial charge is 0.339 e. The average Bonchev–Trinajstić information content (AvgIpc) is 3.37. The van der Waals surface area contributed by atoms with Crippen LogP contribution >= 0.6 is 0 Å².